The van der Waals surface area contributed by atoms with Crippen molar-refractivity contribution < 1.29 is 14.3 Å². The van der Waals surface area contributed by atoms with Gasteiger partial charge in [0.1, 0.15) is 17.5 Å². The molecule has 6 heteroatoms. The number of amides is 2. The van der Waals surface area contributed by atoms with Crippen LogP contribution in [-0.4, -0.2) is 48.4 Å². The number of aromatic amines is 1. The van der Waals surface area contributed by atoms with E-state index in [2.05, 4.69) is 17.2 Å². The van der Waals surface area contributed by atoms with Crippen LogP contribution in [0.25, 0.3) is 10.9 Å². The molecule has 1 aliphatic rings. The molecule has 6 nitrogen and oxygen atoms in total. The Kier molecular flexibility index (Phi) is 3.98. The number of hydrogen-bond acceptors (Lipinski definition) is 3. The third-order valence-corrected chi connectivity index (χ3v) is 4.39. The molecule has 1 saturated heterocycles. The highest BCUT2D eigenvalue weighted by Gasteiger charge is 2.38. The normalized spacial score (nSPS) is 20.7. The summed E-state index contributed by atoms with van der Waals surface area (Å²) in [5.74, 6) is 0.758. The Morgan fingerprint density at radius 3 is 2.87 bits per heavy atom. The van der Waals surface area contributed by atoms with Crippen LogP contribution >= 0.6 is 0 Å². The molecule has 2 N–H and O–H groups in total. The van der Waals surface area contributed by atoms with Crippen molar-refractivity contribution in [3.63, 3.8) is 0 Å². The Morgan fingerprint density at radius 1 is 1.39 bits per heavy atom. The lowest BCUT2D eigenvalue weighted by molar-refractivity contribution is -0.124. The molecular formula is C17H21N3O3. The number of hydrogen-bond donors (Lipinski definition) is 2. The summed E-state index contributed by atoms with van der Waals surface area (Å²) in [5, 5.41) is 3.51. The van der Waals surface area contributed by atoms with Crippen LogP contribution in [0.1, 0.15) is 23.8 Å². The number of rotatable bonds is 3. The van der Waals surface area contributed by atoms with Gasteiger partial charge in [-0.2, -0.15) is 0 Å². The van der Waals surface area contributed by atoms with E-state index in [1.54, 1.807) is 25.1 Å². The lowest BCUT2D eigenvalue weighted by atomic mass is 10.1. The minimum Gasteiger partial charge on any atom is -0.496 e. The fraction of sp³-hybridized carbons (Fsp3) is 0.412. The van der Waals surface area contributed by atoms with Gasteiger partial charge in [0.2, 0.25) is 5.91 Å². The van der Waals surface area contributed by atoms with Crippen molar-refractivity contribution in [3.8, 4) is 5.75 Å². The van der Waals surface area contributed by atoms with Gasteiger partial charge >= 0.3 is 0 Å². The molecule has 2 aromatic rings. The Morgan fingerprint density at radius 2 is 2.17 bits per heavy atom. The Hall–Kier alpha value is -2.50. The summed E-state index contributed by atoms with van der Waals surface area (Å²) in [6, 6.07) is 7.01. The van der Waals surface area contributed by atoms with Crippen molar-refractivity contribution in [3.05, 3.63) is 30.0 Å². The average molecular weight is 315 g/mol. The molecule has 0 aliphatic carbocycles. The fourth-order valence-corrected chi connectivity index (χ4v) is 3.26. The second-order valence-electron chi connectivity index (χ2n) is 6.03. The van der Waals surface area contributed by atoms with Gasteiger partial charge in [0.25, 0.3) is 5.91 Å². The third-order valence-electron chi connectivity index (χ3n) is 4.39. The standard InChI is InChI=1S/C17H21N3O3/c1-10-7-14(16(21)18-2)20(9-10)17(22)13-8-11-12(19-13)5-4-6-15(11)23-3/h4-6,8,10,14,19H,7,9H2,1-3H3,(H,18,21)/t10-,14+/m1/s1. The number of carbonyl (C=O) groups excluding carboxylic acids is 2. The van der Waals surface area contributed by atoms with Crippen molar-refractivity contribution in [2.45, 2.75) is 19.4 Å². The van der Waals surface area contributed by atoms with Crippen molar-refractivity contribution >= 4 is 22.7 Å². The number of aromatic nitrogens is 1. The van der Waals surface area contributed by atoms with Crippen molar-refractivity contribution in [2.24, 2.45) is 5.92 Å². The van der Waals surface area contributed by atoms with Crippen LogP contribution in [0.3, 0.4) is 0 Å². The number of carbonyl (C=O) groups is 2. The van der Waals surface area contributed by atoms with Crippen LogP contribution in [0.15, 0.2) is 24.3 Å². The second kappa shape index (κ2) is 5.95. The van der Waals surface area contributed by atoms with Crippen LogP contribution in [-0.2, 0) is 4.79 Å². The lowest BCUT2D eigenvalue weighted by Gasteiger charge is -2.22. The van der Waals surface area contributed by atoms with Gasteiger partial charge in [0.05, 0.1) is 7.11 Å². The number of fused-ring (bicyclic) bond motifs is 1. The van der Waals surface area contributed by atoms with Crippen molar-refractivity contribution in [1.29, 1.82) is 0 Å². The molecule has 1 fully saturated rings. The van der Waals surface area contributed by atoms with E-state index in [1.165, 1.54) is 0 Å². The maximum absolute atomic E-state index is 12.9. The van der Waals surface area contributed by atoms with Gasteiger partial charge < -0.3 is 19.9 Å². The van der Waals surface area contributed by atoms with Crippen LogP contribution in [0.2, 0.25) is 0 Å². The van der Waals surface area contributed by atoms with Gasteiger partial charge in [-0.05, 0) is 30.5 Å². The Balaban J connectivity index is 1.95. The second-order valence-corrected chi connectivity index (χ2v) is 6.03. The summed E-state index contributed by atoms with van der Waals surface area (Å²) in [6.07, 6.45) is 0.689. The maximum Gasteiger partial charge on any atom is 0.270 e. The van der Waals surface area contributed by atoms with Crippen molar-refractivity contribution in [2.75, 3.05) is 20.7 Å². The van der Waals surface area contributed by atoms with E-state index in [1.807, 2.05) is 18.2 Å². The first-order valence-corrected chi connectivity index (χ1v) is 7.73. The molecule has 0 saturated carbocycles. The molecule has 1 aromatic carbocycles. The number of H-pyrrole nitrogens is 1. The first kappa shape index (κ1) is 15.4. The summed E-state index contributed by atoms with van der Waals surface area (Å²) >= 11 is 0. The molecule has 3 rings (SSSR count). The van der Waals surface area contributed by atoms with Gasteiger partial charge in [-0.3, -0.25) is 9.59 Å². The van der Waals surface area contributed by atoms with Crippen LogP contribution in [0.5, 0.6) is 5.75 Å². The predicted molar refractivity (Wildman–Crippen MR) is 87.5 cm³/mol. The highest BCUT2D eigenvalue weighted by Crippen LogP contribution is 2.29. The van der Waals surface area contributed by atoms with E-state index in [9.17, 15) is 9.59 Å². The summed E-state index contributed by atoms with van der Waals surface area (Å²) in [6.45, 7) is 2.64. The third kappa shape index (κ3) is 2.65. The molecule has 0 bridgehead atoms. The van der Waals surface area contributed by atoms with Gasteiger partial charge in [-0.1, -0.05) is 13.0 Å². The molecule has 23 heavy (non-hydrogen) atoms. The van der Waals surface area contributed by atoms with E-state index in [-0.39, 0.29) is 11.8 Å². The summed E-state index contributed by atoms with van der Waals surface area (Å²) in [5.41, 5.74) is 1.32. The lowest BCUT2D eigenvalue weighted by Crippen LogP contribution is -2.45. The van der Waals surface area contributed by atoms with Gasteiger partial charge in [-0.15, -0.1) is 0 Å². The van der Waals surface area contributed by atoms with E-state index in [4.69, 9.17) is 4.74 Å². The topological polar surface area (TPSA) is 74.4 Å². The van der Waals surface area contributed by atoms with Crippen LogP contribution in [0, 0.1) is 5.92 Å². The number of likely N-dealkylation sites (N-methyl/N-ethyl adjacent to an activating group) is 1. The molecule has 2 atom stereocenters. The monoisotopic (exact) mass is 315 g/mol. The zero-order valence-electron chi connectivity index (χ0n) is 13.6. The van der Waals surface area contributed by atoms with Crippen LogP contribution < -0.4 is 10.1 Å². The number of methoxy groups -OCH3 is 1. The largest absolute Gasteiger partial charge is 0.496 e. The van der Waals surface area contributed by atoms with Crippen LogP contribution in [0.4, 0.5) is 0 Å². The number of likely N-dealkylation sites (tertiary alicyclic amines) is 1. The highest BCUT2D eigenvalue weighted by atomic mass is 16.5. The number of nitrogens with one attached hydrogen (secondary N) is 2. The molecule has 0 radical (unpaired) electrons. The highest BCUT2D eigenvalue weighted by molar-refractivity contribution is 6.01. The quantitative estimate of drug-likeness (QED) is 0.906. The molecule has 0 spiro atoms. The Bertz CT molecular complexity index is 753. The number of nitrogens with zero attached hydrogens (tertiary/aromatic N) is 1. The summed E-state index contributed by atoms with van der Waals surface area (Å²) in [7, 11) is 3.20. The average Bonchev–Trinajstić information content (AvgIpc) is 3.16. The molecule has 122 valence electrons. The first-order chi connectivity index (χ1) is 11.0. The molecule has 0 unspecified atom stereocenters. The fourth-order valence-electron chi connectivity index (χ4n) is 3.26. The van der Waals surface area contributed by atoms with Gasteiger partial charge in [0, 0.05) is 24.5 Å². The maximum atomic E-state index is 12.9. The van der Waals surface area contributed by atoms with E-state index in [0.29, 0.717) is 24.6 Å². The number of benzene rings is 1. The zero-order valence-corrected chi connectivity index (χ0v) is 13.6. The molecule has 2 heterocycles. The Labute approximate surface area is 134 Å². The van der Waals surface area contributed by atoms with E-state index >= 15 is 0 Å². The van der Waals surface area contributed by atoms with E-state index < -0.39 is 6.04 Å². The number of ether oxygens (including phenoxy) is 1. The van der Waals surface area contributed by atoms with Gasteiger partial charge in [-0.25, -0.2) is 0 Å². The van der Waals surface area contributed by atoms with E-state index in [0.717, 1.165) is 16.7 Å². The minimum absolute atomic E-state index is 0.114. The molecule has 2 amide bonds. The minimum atomic E-state index is -0.407. The molecule has 1 aliphatic heterocycles. The smallest absolute Gasteiger partial charge is 0.270 e. The molecule has 1 aromatic heterocycles. The van der Waals surface area contributed by atoms with Gasteiger partial charge in [0.15, 0.2) is 0 Å². The summed E-state index contributed by atoms with van der Waals surface area (Å²) < 4.78 is 5.33. The SMILES string of the molecule is CNC(=O)[C@@H]1C[C@@H](C)CN1C(=O)c1cc2c(OC)cccc2[nH]1. The first-order valence-electron chi connectivity index (χ1n) is 7.73. The molecular weight excluding hydrogens is 294 g/mol. The van der Waals surface area contributed by atoms with Crippen molar-refractivity contribution in [1.82, 2.24) is 15.2 Å². The predicted octanol–water partition coefficient (Wildman–Crippen LogP) is 1.77. The zero-order chi connectivity index (χ0) is 16.6. The summed E-state index contributed by atoms with van der Waals surface area (Å²) in [4.78, 5) is 29.7.